The number of nitrogen functional groups attached to an aromatic ring is 1. The van der Waals surface area contributed by atoms with Crippen LogP contribution in [0.4, 0.5) is 5.69 Å². The Morgan fingerprint density at radius 3 is 2.71 bits per heavy atom. The van der Waals surface area contributed by atoms with E-state index in [4.69, 9.17) is 10.5 Å². The van der Waals surface area contributed by atoms with Gasteiger partial charge in [0.25, 0.3) is 0 Å². The summed E-state index contributed by atoms with van der Waals surface area (Å²) < 4.78 is 6.59. The Balaban J connectivity index is 2.37. The van der Waals surface area contributed by atoms with Crippen LogP contribution in [0.2, 0.25) is 0 Å². The van der Waals surface area contributed by atoms with E-state index in [2.05, 4.69) is 20.9 Å². The number of nitrogens with zero attached hydrogens (tertiary/aromatic N) is 1. The number of aryl methyl sites for hydroxylation is 2. The second-order valence-corrected chi connectivity index (χ2v) is 4.72. The maximum Gasteiger partial charge on any atom is 0.233 e. The highest BCUT2D eigenvalue weighted by molar-refractivity contribution is 9.10. The number of aromatic nitrogens is 1. The van der Waals surface area contributed by atoms with Crippen molar-refractivity contribution in [1.82, 2.24) is 4.98 Å². The Bertz CT molecular complexity index is 555. The summed E-state index contributed by atoms with van der Waals surface area (Å²) in [6, 6.07) is 7.56. The highest BCUT2D eigenvalue weighted by Crippen LogP contribution is 2.31. The first-order valence-electron chi connectivity index (χ1n) is 5.23. The van der Waals surface area contributed by atoms with Crippen LogP contribution in [-0.2, 0) is 0 Å². The lowest BCUT2D eigenvalue weighted by molar-refractivity contribution is 0.456. The maximum absolute atomic E-state index is 5.83. The van der Waals surface area contributed by atoms with Crippen LogP contribution in [0.5, 0.6) is 11.6 Å². The molecule has 1 heterocycles. The van der Waals surface area contributed by atoms with Crippen LogP contribution in [-0.4, -0.2) is 4.98 Å². The van der Waals surface area contributed by atoms with Crippen molar-refractivity contribution in [3.63, 3.8) is 0 Å². The van der Waals surface area contributed by atoms with Gasteiger partial charge in [-0.25, -0.2) is 4.98 Å². The Morgan fingerprint density at radius 1 is 1.24 bits per heavy atom. The Kier molecular flexibility index (Phi) is 3.33. The van der Waals surface area contributed by atoms with Crippen LogP contribution < -0.4 is 10.5 Å². The zero-order chi connectivity index (χ0) is 12.4. The summed E-state index contributed by atoms with van der Waals surface area (Å²) in [6.07, 6.45) is 1.69. The van der Waals surface area contributed by atoms with E-state index >= 15 is 0 Å². The van der Waals surface area contributed by atoms with E-state index in [-0.39, 0.29) is 0 Å². The monoisotopic (exact) mass is 292 g/mol. The van der Waals surface area contributed by atoms with Crippen LogP contribution >= 0.6 is 15.9 Å². The molecule has 0 aliphatic heterocycles. The van der Waals surface area contributed by atoms with Crippen molar-refractivity contribution in [1.29, 1.82) is 0 Å². The predicted molar refractivity (Wildman–Crippen MR) is 72.3 cm³/mol. The molecule has 0 aliphatic rings. The van der Waals surface area contributed by atoms with Gasteiger partial charge in [0.15, 0.2) is 0 Å². The van der Waals surface area contributed by atoms with Crippen LogP contribution in [0.15, 0.2) is 34.9 Å². The molecule has 2 N–H and O–H groups in total. The summed E-state index contributed by atoms with van der Waals surface area (Å²) in [5.41, 5.74) is 8.59. The molecule has 0 unspecified atom stereocenters. The molecule has 1 aromatic carbocycles. The summed E-state index contributed by atoms with van der Waals surface area (Å²) in [5.74, 6) is 1.33. The van der Waals surface area contributed by atoms with Gasteiger partial charge < -0.3 is 10.5 Å². The summed E-state index contributed by atoms with van der Waals surface area (Å²) in [7, 11) is 0. The molecule has 0 saturated heterocycles. The minimum absolute atomic E-state index is 0.555. The SMILES string of the molecule is Cc1cc(Oc2ncccc2Br)c(C)cc1N. The Morgan fingerprint density at radius 2 is 2.00 bits per heavy atom. The van der Waals surface area contributed by atoms with Gasteiger partial charge in [0.05, 0.1) is 4.47 Å². The fourth-order valence-electron chi connectivity index (χ4n) is 1.47. The zero-order valence-electron chi connectivity index (χ0n) is 9.70. The minimum atomic E-state index is 0.555. The first-order valence-corrected chi connectivity index (χ1v) is 6.02. The fraction of sp³-hybridized carbons (Fsp3) is 0.154. The number of nitrogens with two attached hydrogens (primary N) is 1. The van der Waals surface area contributed by atoms with Crippen molar-refractivity contribution >= 4 is 21.6 Å². The number of benzene rings is 1. The highest BCUT2D eigenvalue weighted by atomic mass is 79.9. The van der Waals surface area contributed by atoms with Crippen LogP contribution in [0, 0.1) is 13.8 Å². The van der Waals surface area contributed by atoms with E-state index < -0.39 is 0 Å². The molecule has 3 nitrogen and oxygen atoms in total. The smallest absolute Gasteiger partial charge is 0.233 e. The lowest BCUT2D eigenvalue weighted by atomic mass is 10.1. The van der Waals surface area contributed by atoms with Crippen LogP contribution in [0.25, 0.3) is 0 Å². The average molecular weight is 293 g/mol. The van der Waals surface area contributed by atoms with Gasteiger partial charge in [0.1, 0.15) is 5.75 Å². The lowest BCUT2D eigenvalue weighted by Crippen LogP contribution is -1.95. The highest BCUT2D eigenvalue weighted by Gasteiger charge is 2.07. The third kappa shape index (κ3) is 2.58. The van der Waals surface area contributed by atoms with E-state index in [1.54, 1.807) is 6.20 Å². The van der Waals surface area contributed by atoms with Crippen LogP contribution in [0.1, 0.15) is 11.1 Å². The van der Waals surface area contributed by atoms with Crippen molar-refractivity contribution in [2.45, 2.75) is 13.8 Å². The molecule has 4 heteroatoms. The number of halogens is 1. The summed E-state index contributed by atoms with van der Waals surface area (Å²) in [4.78, 5) is 4.17. The predicted octanol–water partition coefficient (Wildman–Crippen LogP) is 3.84. The summed E-state index contributed by atoms with van der Waals surface area (Å²) >= 11 is 3.40. The molecule has 0 saturated carbocycles. The van der Waals surface area contributed by atoms with Crippen LogP contribution in [0.3, 0.4) is 0 Å². The third-order valence-corrected chi connectivity index (χ3v) is 3.10. The molecule has 0 fully saturated rings. The normalized spacial score (nSPS) is 10.3. The molecule has 0 radical (unpaired) electrons. The van der Waals surface area contributed by atoms with Gasteiger partial charge in [0.2, 0.25) is 5.88 Å². The number of pyridine rings is 1. The summed E-state index contributed by atoms with van der Waals surface area (Å²) in [5, 5.41) is 0. The van der Waals surface area contributed by atoms with Crippen molar-refractivity contribution in [3.8, 4) is 11.6 Å². The third-order valence-electron chi connectivity index (χ3n) is 2.49. The average Bonchev–Trinajstić information content (AvgIpc) is 2.29. The molecule has 0 amide bonds. The van der Waals surface area contributed by atoms with E-state index in [1.807, 2.05) is 38.1 Å². The Labute approximate surface area is 109 Å². The van der Waals surface area contributed by atoms with Gasteiger partial charge in [0, 0.05) is 11.9 Å². The molecule has 0 bridgehead atoms. The molecule has 2 aromatic rings. The molecular formula is C13H13BrN2O. The number of ether oxygens (including phenoxy) is 1. The van der Waals surface area contributed by atoms with E-state index in [9.17, 15) is 0 Å². The van der Waals surface area contributed by atoms with Crippen molar-refractivity contribution in [2.75, 3.05) is 5.73 Å². The molecule has 0 aliphatic carbocycles. The van der Waals surface area contributed by atoms with E-state index in [0.29, 0.717) is 5.88 Å². The fourth-order valence-corrected chi connectivity index (χ4v) is 1.81. The van der Waals surface area contributed by atoms with Crippen molar-refractivity contribution in [2.24, 2.45) is 0 Å². The number of hydrogen-bond donors (Lipinski definition) is 1. The minimum Gasteiger partial charge on any atom is -0.438 e. The number of anilines is 1. The van der Waals surface area contributed by atoms with E-state index in [0.717, 1.165) is 27.0 Å². The second kappa shape index (κ2) is 4.75. The van der Waals surface area contributed by atoms with Gasteiger partial charge in [-0.1, -0.05) is 0 Å². The summed E-state index contributed by atoms with van der Waals surface area (Å²) in [6.45, 7) is 3.91. The maximum atomic E-state index is 5.83. The molecule has 88 valence electrons. The molecular weight excluding hydrogens is 280 g/mol. The number of hydrogen-bond acceptors (Lipinski definition) is 3. The molecule has 0 spiro atoms. The molecule has 17 heavy (non-hydrogen) atoms. The second-order valence-electron chi connectivity index (χ2n) is 3.87. The van der Waals surface area contributed by atoms with Gasteiger partial charge in [-0.15, -0.1) is 0 Å². The topological polar surface area (TPSA) is 48.1 Å². The number of rotatable bonds is 2. The lowest BCUT2D eigenvalue weighted by Gasteiger charge is -2.11. The van der Waals surface area contributed by atoms with Crippen molar-refractivity contribution < 1.29 is 4.74 Å². The largest absolute Gasteiger partial charge is 0.438 e. The van der Waals surface area contributed by atoms with E-state index in [1.165, 1.54) is 0 Å². The molecule has 0 atom stereocenters. The molecule has 1 aromatic heterocycles. The van der Waals surface area contributed by atoms with Gasteiger partial charge in [-0.05, 0) is 65.2 Å². The zero-order valence-corrected chi connectivity index (χ0v) is 11.3. The molecule has 2 rings (SSSR count). The Hall–Kier alpha value is -1.55. The first kappa shape index (κ1) is 11.9. The van der Waals surface area contributed by atoms with Crippen molar-refractivity contribution in [3.05, 3.63) is 46.1 Å². The van der Waals surface area contributed by atoms with Gasteiger partial charge in [-0.2, -0.15) is 0 Å². The quantitative estimate of drug-likeness (QED) is 0.856. The first-order chi connectivity index (χ1) is 8.08. The van der Waals surface area contributed by atoms with Gasteiger partial charge >= 0.3 is 0 Å². The van der Waals surface area contributed by atoms with Gasteiger partial charge in [-0.3, -0.25) is 0 Å². The standard InChI is InChI=1S/C13H13BrN2O/c1-8-7-12(9(2)6-11(8)15)17-13-10(14)4-3-5-16-13/h3-7H,15H2,1-2H3.